The maximum Gasteiger partial charge on any atom is 0.271 e. The standard InChI is InChI=1S/C21H25N3O7S/c1-4-18(23(32(3,28)29)16-6-5-7-17(13-16)24(26)27)21(25)22-14(2)15-8-9-19-20(12-15)31-11-10-30-19/h5-9,12-14,18H,4,10-11H2,1-3H3,(H,22,25)/t14-,18+/m1/s1. The van der Waals surface area contributed by atoms with E-state index in [2.05, 4.69) is 5.32 Å². The molecule has 1 N–H and O–H groups in total. The number of nitro benzene ring substituents is 1. The largest absolute Gasteiger partial charge is 0.486 e. The molecule has 10 nitrogen and oxygen atoms in total. The summed E-state index contributed by atoms with van der Waals surface area (Å²) in [5.74, 6) is 0.682. The Morgan fingerprint density at radius 1 is 1.19 bits per heavy atom. The van der Waals surface area contributed by atoms with E-state index in [1.165, 1.54) is 18.2 Å². The van der Waals surface area contributed by atoms with E-state index in [0.717, 1.165) is 22.2 Å². The highest BCUT2D eigenvalue weighted by Gasteiger charge is 2.33. The topological polar surface area (TPSA) is 128 Å². The SMILES string of the molecule is CC[C@@H](C(=O)N[C@H](C)c1ccc2c(c1)OCCO2)N(c1cccc([N+](=O)[O-])c1)S(C)(=O)=O. The number of carbonyl (C=O) groups is 1. The maximum atomic E-state index is 13.1. The molecule has 1 heterocycles. The molecule has 0 unspecified atom stereocenters. The first-order chi connectivity index (χ1) is 15.1. The van der Waals surface area contributed by atoms with Crippen LogP contribution in [0.3, 0.4) is 0 Å². The van der Waals surface area contributed by atoms with Gasteiger partial charge in [0.25, 0.3) is 5.69 Å². The minimum absolute atomic E-state index is 0.0516. The van der Waals surface area contributed by atoms with Gasteiger partial charge in [-0.3, -0.25) is 19.2 Å². The molecule has 172 valence electrons. The van der Waals surface area contributed by atoms with E-state index < -0.39 is 32.9 Å². The number of amides is 1. The van der Waals surface area contributed by atoms with E-state index >= 15 is 0 Å². The third-order valence-electron chi connectivity index (χ3n) is 5.05. The molecule has 0 radical (unpaired) electrons. The fraction of sp³-hybridized carbons (Fsp3) is 0.381. The van der Waals surface area contributed by atoms with Gasteiger partial charge in [-0.1, -0.05) is 19.1 Å². The second kappa shape index (κ2) is 9.43. The number of ether oxygens (including phenoxy) is 2. The van der Waals surface area contributed by atoms with Crippen LogP contribution in [0.4, 0.5) is 11.4 Å². The molecule has 0 bridgehead atoms. The molecule has 3 rings (SSSR count). The second-order valence-electron chi connectivity index (χ2n) is 7.39. The van der Waals surface area contributed by atoms with Gasteiger partial charge in [0, 0.05) is 12.1 Å². The van der Waals surface area contributed by atoms with Crippen LogP contribution in [0, 0.1) is 10.1 Å². The summed E-state index contributed by atoms with van der Waals surface area (Å²) >= 11 is 0. The van der Waals surface area contributed by atoms with Crippen molar-refractivity contribution in [1.29, 1.82) is 0 Å². The van der Waals surface area contributed by atoms with Crippen LogP contribution < -0.4 is 19.1 Å². The molecule has 1 aliphatic heterocycles. The van der Waals surface area contributed by atoms with Gasteiger partial charge in [-0.2, -0.15) is 0 Å². The number of hydrogen-bond acceptors (Lipinski definition) is 7. The lowest BCUT2D eigenvalue weighted by Gasteiger charge is -2.31. The van der Waals surface area contributed by atoms with Crippen molar-refractivity contribution in [3.05, 3.63) is 58.1 Å². The van der Waals surface area contributed by atoms with Crippen molar-refractivity contribution in [3.8, 4) is 11.5 Å². The number of hydrogen-bond donors (Lipinski definition) is 1. The molecule has 2 atom stereocenters. The summed E-state index contributed by atoms with van der Waals surface area (Å²) < 4.78 is 37.2. The van der Waals surface area contributed by atoms with E-state index in [4.69, 9.17) is 9.47 Å². The Balaban J connectivity index is 1.86. The Hall–Kier alpha value is -3.34. The van der Waals surface area contributed by atoms with Crippen molar-refractivity contribution >= 4 is 27.3 Å². The summed E-state index contributed by atoms with van der Waals surface area (Å²) in [7, 11) is -3.92. The zero-order valence-electron chi connectivity index (χ0n) is 18.0. The highest BCUT2D eigenvalue weighted by molar-refractivity contribution is 7.92. The molecule has 2 aromatic rings. The van der Waals surface area contributed by atoms with Gasteiger partial charge in [-0.25, -0.2) is 8.42 Å². The van der Waals surface area contributed by atoms with Crippen LogP contribution in [0.15, 0.2) is 42.5 Å². The van der Waals surface area contributed by atoms with Crippen molar-refractivity contribution in [1.82, 2.24) is 5.32 Å². The Labute approximate surface area is 186 Å². The molecule has 0 fully saturated rings. The first-order valence-corrected chi connectivity index (χ1v) is 11.9. The molecule has 11 heteroatoms. The van der Waals surface area contributed by atoms with Gasteiger partial charge in [0.15, 0.2) is 11.5 Å². The third-order valence-corrected chi connectivity index (χ3v) is 6.23. The van der Waals surface area contributed by atoms with Crippen LogP contribution >= 0.6 is 0 Å². The number of benzene rings is 2. The van der Waals surface area contributed by atoms with Crippen LogP contribution in [-0.4, -0.2) is 44.8 Å². The number of anilines is 1. The Kier molecular flexibility index (Phi) is 6.87. The summed E-state index contributed by atoms with van der Waals surface area (Å²) in [5.41, 5.74) is 0.547. The third kappa shape index (κ3) is 5.10. The molecule has 2 aromatic carbocycles. The van der Waals surface area contributed by atoms with Crippen LogP contribution in [-0.2, 0) is 14.8 Å². The number of nitrogens with zero attached hydrogens (tertiary/aromatic N) is 2. The number of sulfonamides is 1. The van der Waals surface area contributed by atoms with Gasteiger partial charge in [-0.05, 0) is 37.1 Å². The average Bonchev–Trinajstić information content (AvgIpc) is 2.76. The molecule has 0 saturated heterocycles. The fourth-order valence-electron chi connectivity index (χ4n) is 3.53. The van der Waals surface area contributed by atoms with Gasteiger partial charge in [0.2, 0.25) is 15.9 Å². The van der Waals surface area contributed by atoms with Gasteiger partial charge in [0.1, 0.15) is 19.3 Å². The van der Waals surface area contributed by atoms with Crippen molar-refractivity contribution in [2.24, 2.45) is 0 Å². The van der Waals surface area contributed by atoms with Gasteiger partial charge < -0.3 is 14.8 Å². The molecule has 0 spiro atoms. The number of nitro groups is 1. The van der Waals surface area contributed by atoms with Crippen molar-refractivity contribution in [2.75, 3.05) is 23.8 Å². The second-order valence-corrected chi connectivity index (χ2v) is 9.25. The molecular formula is C21H25N3O7S. The van der Waals surface area contributed by atoms with E-state index in [1.807, 2.05) is 0 Å². The number of nitrogens with one attached hydrogen (secondary N) is 1. The van der Waals surface area contributed by atoms with Crippen LogP contribution in [0.5, 0.6) is 11.5 Å². The fourth-order valence-corrected chi connectivity index (χ4v) is 4.73. The van der Waals surface area contributed by atoms with Crippen LogP contribution in [0.2, 0.25) is 0 Å². The van der Waals surface area contributed by atoms with Gasteiger partial charge in [-0.15, -0.1) is 0 Å². The quantitative estimate of drug-likeness (QED) is 0.471. The molecule has 0 saturated carbocycles. The first kappa shape index (κ1) is 23.3. The van der Waals surface area contributed by atoms with Crippen LogP contribution in [0.25, 0.3) is 0 Å². The molecule has 1 aliphatic rings. The molecule has 0 aliphatic carbocycles. The zero-order chi connectivity index (χ0) is 23.5. The van der Waals surface area contributed by atoms with Gasteiger partial charge in [0.05, 0.1) is 22.9 Å². The van der Waals surface area contributed by atoms with Crippen molar-refractivity contribution < 1.29 is 27.6 Å². The molecule has 0 aromatic heterocycles. The number of non-ortho nitro benzene ring substituents is 1. The number of rotatable bonds is 8. The minimum Gasteiger partial charge on any atom is -0.486 e. The monoisotopic (exact) mass is 463 g/mol. The van der Waals surface area contributed by atoms with Crippen LogP contribution in [0.1, 0.15) is 31.9 Å². The summed E-state index contributed by atoms with van der Waals surface area (Å²) in [5, 5.41) is 14.0. The number of carbonyl (C=O) groups excluding carboxylic acids is 1. The van der Waals surface area contributed by atoms with Crippen molar-refractivity contribution in [3.63, 3.8) is 0 Å². The maximum absolute atomic E-state index is 13.1. The minimum atomic E-state index is -3.92. The highest BCUT2D eigenvalue weighted by atomic mass is 32.2. The van der Waals surface area contributed by atoms with E-state index in [1.54, 1.807) is 32.0 Å². The van der Waals surface area contributed by atoms with E-state index in [0.29, 0.717) is 24.7 Å². The predicted octanol–water partition coefficient (Wildman–Crippen LogP) is 2.79. The normalized spacial score (nSPS) is 14.8. The first-order valence-electron chi connectivity index (χ1n) is 10.1. The Morgan fingerprint density at radius 2 is 1.88 bits per heavy atom. The summed E-state index contributed by atoms with van der Waals surface area (Å²) in [4.78, 5) is 23.6. The summed E-state index contributed by atoms with van der Waals surface area (Å²) in [6.45, 7) is 4.35. The van der Waals surface area contributed by atoms with E-state index in [-0.39, 0.29) is 17.8 Å². The van der Waals surface area contributed by atoms with Crippen molar-refractivity contribution in [2.45, 2.75) is 32.4 Å². The Bertz CT molecular complexity index is 1120. The summed E-state index contributed by atoms with van der Waals surface area (Å²) in [6.07, 6.45) is 1.13. The number of fused-ring (bicyclic) bond motifs is 1. The lowest BCUT2D eigenvalue weighted by atomic mass is 10.1. The Morgan fingerprint density at radius 3 is 2.50 bits per heavy atom. The zero-order valence-corrected chi connectivity index (χ0v) is 18.8. The summed E-state index contributed by atoms with van der Waals surface area (Å²) in [6, 6.07) is 9.00. The van der Waals surface area contributed by atoms with Gasteiger partial charge >= 0.3 is 0 Å². The predicted molar refractivity (Wildman–Crippen MR) is 118 cm³/mol. The van der Waals surface area contributed by atoms with E-state index in [9.17, 15) is 23.3 Å². The molecule has 1 amide bonds. The lowest BCUT2D eigenvalue weighted by molar-refractivity contribution is -0.384. The average molecular weight is 464 g/mol. The smallest absolute Gasteiger partial charge is 0.271 e. The molecular weight excluding hydrogens is 438 g/mol. The molecule has 32 heavy (non-hydrogen) atoms. The highest BCUT2D eigenvalue weighted by Crippen LogP contribution is 2.33. The lowest BCUT2D eigenvalue weighted by Crippen LogP contribution is -2.49.